The largest absolute Gasteiger partial charge is 0.355 e. The van der Waals surface area contributed by atoms with Gasteiger partial charge in [-0.25, -0.2) is 0 Å². The molecule has 0 radical (unpaired) electrons. The van der Waals surface area contributed by atoms with Crippen LogP contribution in [0.3, 0.4) is 0 Å². The molecular weight excluding hydrogens is 242 g/mol. The molecule has 1 unspecified atom stereocenters. The van der Waals surface area contributed by atoms with Crippen LogP contribution in [-0.4, -0.2) is 32.0 Å². The fourth-order valence-electron chi connectivity index (χ4n) is 1.77. The highest BCUT2D eigenvalue weighted by Gasteiger charge is 2.16. The number of amides is 2. The number of hydrogen-bond donors (Lipinski definition) is 3. The molecule has 0 fully saturated rings. The summed E-state index contributed by atoms with van der Waals surface area (Å²) in [5.41, 5.74) is 0.932. The highest BCUT2D eigenvalue weighted by atomic mass is 16.2. The smallest absolute Gasteiger partial charge is 0.222 e. The summed E-state index contributed by atoms with van der Waals surface area (Å²) in [7, 11) is 1.83. The van der Waals surface area contributed by atoms with E-state index in [0.29, 0.717) is 6.54 Å². The van der Waals surface area contributed by atoms with E-state index < -0.39 is 0 Å². The topological polar surface area (TPSA) is 70.2 Å². The number of carbonyl (C=O) groups excluding carboxylic acids is 2. The Bertz CT molecular complexity index is 406. The summed E-state index contributed by atoms with van der Waals surface area (Å²) >= 11 is 0. The van der Waals surface area contributed by atoms with Crippen molar-refractivity contribution in [1.82, 2.24) is 16.0 Å². The quantitative estimate of drug-likeness (QED) is 0.631. The SMILES string of the molecule is CNCCNC(=O)CC(NC(C)=O)c1ccccc1. The van der Waals surface area contributed by atoms with E-state index in [-0.39, 0.29) is 24.3 Å². The Morgan fingerprint density at radius 2 is 1.84 bits per heavy atom. The van der Waals surface area contributed by atoms with Gasteiger partial charge in [-0.05, 0) is 12.6 Å². The Labute approximate surface area is 113 Å². The van der Waals surface area contributed by atoms with Crippen molar-refractivity contribution >= 4 is 11.8 Å². The molecule has 5 nitrogen and oxygen atoms in total. The van der Waals surface area contributed by atoms with E-state index in [1.54, 1.807) is 0 Å². The molecule has 0 saturated heterocycles. The van der Waals surface area contributed by atoms with Crippen LogP contribution in [0, 0.1) is 0 Å². The molecule has 1 aromatic rings. The summed E-state index contributed by atoms with van der Waals surface area (Å²) < 4.78 is 0. The third-order valence-corrected chi connectivity index (χ3v) is 2.67. The molecule has 0 aliphatic rings. The lowest BCUT2D eigenvalue weighted by Gasteiger charge is -2.18. The first-order valence-corrected chi connectivity index (χ1v) is 6.37. The summed E-state index contributed by atoms with van der Waals surface area (Å²) in [6.45, 7) is 2.76. The molecule has 19 heavy (non-hydrogen) atoms. The molecule has 0 spiro atoms. The van der Waals surface area contributed by atoms with Crippen LogP contribution in [-0.2, 0) is 9.59 Å². The van der Waals surface area contributed by atoms with Crippen molar-refractivity contribution in [1.29, 1.82) is 0 Å². The summed E-state index contributed by atoms with van der Waals surface area (Å²) in [6.07, 6.45) is 0.243. The van der Waals surface area contributed by atoms with E-state index in [0.717, 1.165) is 12.1 Å². The van der Waals surface area contributed by atoms with Gasteiger partial charge in [-0.3, -0.25) is 9.59 Å². The first-order chi connectivity index (χ1) is 9.13. The first kappa shape index (κ1) is 15.2. The van der Waals surface area contributed by atoms with E-state index in [1.165, 1.54) is 6.92 Å². The number of rotatable bonds is 7. The second-order valence-corrected chi connectivity index (χ2v) is 4.32. The van der Waals surface area contributed by atoms with Crippen molar-refractivity contribution in [2.24, 2.45) is 0 Å². The van der Waals surface area contributed by atoms with Crippen LogP contribution in [0.15, 0.2) is 30.3 Å². The highest BCUT2D eigenvalue weighted by Crippen LogP contribution is 2.16. The summed E-state index contributed by atoms with van der Waals surface area (Å²) in [6, 6.07) is 9.21. The van der Waals surface area contributed by atoms with Gasteiger partial charge in [-0.2, -0.15) is 0 Å². The molecule has 0 bridgehead atoms. The van der Waals surface area contributed by atoms with E-state index in [1.807, 2.05) is 37.4 Å². The molecule has 0 aliphatic carbocycles. The highest BCUT2D eigenvalue weighted by molar-refractivity contribution is 5.79. The van der Waals surface area contributed by atoms with E-state index in [2.05, 4.69) is 16.0 Å². The fraction of sp³-hybridized carbons (Fsp3) is 0.429. The Hall–Kier alpha value is -1.88. The monoisotopic (exact) mass is 263 g/mol. The lowest BCUT2D eigenvalue weighted by molar-refractivity contribution is -0.122. The second kappa shape index (κ2) is 8.26. The summed E-state index contributed by atoms with van der Waals surface area (Å²) in [4.78, 5) is 23.0. The normalized spacial score (nSPS) is 11.7. The van der Waals surface area contributed by atoms with E-state index >= 15 is 0 Å². The van der Waals surface area contributed by atoms with Gasteiger partial charge in [0, 0.05) is 20.0 Å². The lowest BCUT2D eigenvalue weighted by Crippen LogP contribution is -2.35. The number of likely N-dealkylation sites (N-methyl/N-ethyl adjacent to an activating group) is 1. The molecular formula is C14H21N3O2. The average molecular weight is 263 g/mol. The van der Waals surface area contributed by atoms with E-state index in [4.69, 9.17) is 0 Å². The Morgan fingerprint density at radius 3 is 2.42 bits per heavy atom. The Kier molecular flexibility index (Phi) is 6.60. The average Bonchev–Trinajstić information content (AvgIpc) is 2.39. The lowest BCUT2D eigenvalue weighted by atomic mass is 10.0. The first-order valence-electron chi connectivity index (χ1n) is 6.37. The fourth-order valence-corrected chi connectivity index (χ4v) is 1.77. The minimum absolute atomic E-state index is 0.0714. The van der Waals surface area contributed by atoms with Gasteiger partial charge in [0.1, 0.15) is 0 Å². The third-order valence-electron chi connectivity index (χ3n) is 2.67. The van der Waals surface area contributed by atoms with Crippen molar-refractivity contribution < 1.29 is 9.59 Å². The van der Waals surface area contributed by atoms with Gasteiger partial charge in [-0.15, -0.1) is 0 Å². The molecule has 3 N–H and O–H groups in total. The van der Waals surface area contributed by atoms with Gasteiger partial charge >= 0.3 is 0 Å². The molecule has 1 rings (SSSR count). The van der Waals surface area contributed by atoms with Gasteiger partial charge in [0.15, 0.2) is 0 Å². The van der Waals surface area contributed by atoms with Crippen molar-refractivity contribution in [3.8, 4) is 0 Å². The predicted molar refractivity (Wildman–Crippen MR) is 74.6 cm³/mol. The standard InChI is InChI=1S/C14H21N3O2/c1-11(18)17-13(12-6-4-3-5-7-12)10-14(19)16-9-8-15-2/h3-7,13,15H,8-10H2,1-2H3,(H,16,19)(H,17,18). The maximum Gasteiger partial charge on any atom is 0.222 e. The molecule has 0 saturated carbocycles. The third kappa shape index (κ3) is 6.01. The van der Waals surface area contributed by atoms with Crippen LogP contribution >= 0.6 is 0 Å². The number of nitrogens with one attached hydrogen (secondary N) is 3. The molecule has 0 aromatic heterocycles. The van der Waals surface area contributed by atoms with Crippen LogP contribution in [0.1, 0.15) is 24.9 Å². The van der Waals surface area contributed by atoms with Crippen LogP contribution < -0.4 is 16.0 Å². The van der Waals surface area contributed by atoms with Crippen molar-refractivity contribution in [3.05, 3.63) is 35.9 Å². The maximum atomic E-state index is 11.8. The number of hydrogen-bond acceptors (Lipinski definition) is 3. The van der Waals surface area contributed by atoms with Crippen LogP contribution in [0.25, 0.3) is 0 Å². The zero-order valence-corrected chi connectivity index (χ0v) is 11.4. The van der Waals surface area contributed by atoms with Gasteiger partial charge in [0.2, 0.25) is 11.8 Å². The van der Waals surface area contributed by atoms with Crippen molar-refractivity contribution in [3.63, 3.8) is 0 Å². The van der Waals surface area contributed by atoms with Crippen LogP contribution in [0.4, 0.5) is 0 Å². The molecule has 2 amide bonds. The Balaban J connectivity index is 2.60. The molecule has 0 aliphatic heterocycles. The van der Waals surface area contributed by atoms with Gasteiger partial charge < -0.3 is 16.0 Å². The number of benzene rings is 1. The van der Waals surface area contributed by atoms with Gasteiger partial charge in [0.25, 0.3) is 0 Å². The minimum atomic E-state index is -0.284. The van der Waals surface area contributed by atoms with Gasteiger partial charge in [0.05, 0.1) is 12.5 Å². The zero-order chi connectivity index (χ0) is 14.1. The maximum absolute atomic E-state index is 11.8. The molecule has 1 atom stereocenters. The van der Waals surface area contributed by atoms with E-state index in [9.17, 15) is 9.59 Å². The van der Waals surface area contributed by atoms with Gasteiger partial charge in [-0.1, -0.05) is 30.3 Å². The Morgan fingerprint density at radius 1 is 1.16 bits per heavy atom. The van der Waals surface area contributed by atoms with Crippen molar-refractivity contribution in [2.75, 3.05) is 20.1 Å². The van der Waals surface area contributed by atoms with Crippen molar-refractivity contribution in [2.45, 2.75) is 19.4 Å². The molecule has 0 heterocycles. The van der Waals surface area contributed by atoms with Crippen LogP contribution in [0.5, 0.6) is 0 Å². The second-order valence-electron chi connectivity index (χ2n) is 4.32. The zero-order valence-electron chi connectivity index (χ0n) is 11.4. The molecule has 1 aromatic carbocycles. The predicted octanol–water partition coefficient (Wildman–Crippen LogP) is 0.590. The summed E-state index contributed by atoms with van der Waals surface area (Å²) in [5.74, 6) is -0.213. The summed E-state index contributed by atoms with van der Waals surface area (Å²) in [5, 5.41) is 8.56. The molecule has 5 heteroatoms. The molecule has 104 valence electrons. The minimum Gasteiger partial charge on any atom is -0.355 e. The number of carbonyl (C=O) groups is 2. The van der Waals surface area contributed by atoms with Crippen LogP contribution in [0.2, 0.25) is 0 Å².